The van der Waals surface area contributed by atoms with Crippen LogP contribution in [0.5, 0.6) is 23.0 Å². The van der Waals surface area contributed by atoms with Crippen molar-refractivity contribution in [3.8, 4) is 23.0 Å². The average molecular weight is 409 g/mol. The van der Waals surface area contributed by atoms with E-state index >= 15 is 0 Å². The molecule has 0 radical (unpaired) electrons. The number of hydrogen-bond donors (Lipinski definition) is 2. The lowest BCUT2D eigenvalue weighted by atomic mass is 10.2. The van der Waals surface area contributed by atoms with E-state index in [1.54, 1.807) is 83.2 Å². The first-order valence-corrected chi connectivity index (χ1v) is 9.06. The van der Waals surface area contributed by atoms with Crippen molar-refractivity contribution < 1.29 is 23.7 Å². The molecule has 8 heteroatoms. The highest BCUT2D eigenvalue weighted by Crippen LogP contribution is 2.40. The molecule has 0 saturated heterocycles. The number of pyridine rings is 1. The molecule has 2 N–H and O–H groups in total. The van der Waals surface area contributed by atoms with E-state index in [1.807, 2.05) is 0 Å². The van der Waals surface area contributed by atoms with Gasteiger partial charge in [0.05, 0.1) is 28.4 Å². The summed E-state index contributed by atoms with van der Waals surface area (Å²) in [7, 11) is 6.22. The van der Waals surface area contributed by atoms with Gasteiger partial charge in [-0.3, -0.25) is 4.79 Å². The zero-order valence-electron chi connectivity index (χ0n) is 17.2. The monoisotopic (exact) mass is 409 g/mol. The fourth-order valence-electron chi connectivity index (χ4n) is 2.82. The lowest BCUT2D eigenvalue weighted by Crippen LogP contribution is -2.12. The van der Waals surface area contributed by atoms with Crippen LogP contribution in [0.4, 0.5) is 17.2 Å². The number of carbonyl (C=O) groups excluding carboxylic acids is 1. The number of benzene rings is 2. The van der Waals surface area contributed by atoms with Gasteiger partial charge in [-0.25, -0.2) is 4.98 Å². The third-order valence-corrected chi connectivity index (χ3v) is 4.31. The van der Waals surface area contributed by atoms with Crippen molar-refractivity contribution in [1.29, 1.82) is 0 Å². The van der Waals surface area contributed by atoms with E-state index in [0.717, 1.165) is 0 Å². The van der Waals surface area contributed by atoms with Crippen LogP contribution >= 0.6 is 0 Å². The number of aromatic nitrogens is 1. The van der Waals surface area contributed by atoms with Crippen LogP contribution in [-0.4, -0.2) is 39.3 Å². The molecule has 1 aromatic heterocycles. The maximum Gasteiger partial charge on any atom is 0.255 e. The van der Waals surface area contributed by atoms with E-state index in [-0.39, 0.29) is 5.91 Å². The second-order valence-electron chi connectivity index (χ2n) is 6.15. The van der Waals surface area contributed by atoms with E-state index in [9.17, 15) is 4.79 Å². The van der Waals surface area contributed by atoms with Crippen molar-refractivity contribution in [2.45, 2.75) is 0 Å². The minimum absolute atomic E-state index is 0.254. The highest BCUT2D eigenvalue weighted by Gasteiger charge is 2.14. The molecule has 0 aliphatic rings. The third kappa shape index (κ3) is 4.72. The molecule has 1 amide bonds. The second kappa shape index (κ2) is 9.51. The first-order chi connectivity index (χ1) is 14.6. The molecule has 0 unspecified atom stereocenters. The van der Waals surface area contributed by atoms with Crippen molar-refractivity contribution in [2.75, 3.05) is 39.1 Å². The fraction of sp³-hybridized carbons (Fsp3) is 0.182. The lowest BCUT2D eigenvalue weighted by molar-refractivity contribution is 0.102. The molecule has 2 aromatic carbocycles. The summed E-state index contributed by atoms with van der Waals surface area (Å²) in [5, 5.41) is 6.00. The second-order valence-corrected chi connectivity index (χ2v) is 6.15. The normalized spacial score (nSPS) is 10.1. The summed E-state index contributed by atoms with van der Waals surface area (Å²) in [6, 6.07) is 13.9. The number of nitrogens with zero attached hydrogens (tertiary/aromatic N) is 1. The first kappa shape index (κ1) is 20.8. The molecule has 0 aliphatic carbocycles. The number of anilines is 3. The van der Waals surface area contributed by atoms with Gasteiger partial charge in [-0.05, 0) is 36.4 Å². The van der Waals surface area contributed by atoms with Gasteiger partial charge in [0.15, 0.2) is 11.5 Å². The van der Waals surface area contributed by atoms with Crippen LogP contribution in [0.3, 0.4) is 0 Å². The Morgan fingerprint density at radius 2 is 1.47 bits per heavy atom. The Morgan fingerprint density at radius 3 is 2.03 bits per heavy atom. The third-order valence-electron chi connectivity index (χ3n) is 4.31. The standard InChI is InChI=1S/C22H23N3O5/c1-27-17-7-5-15(6-8-17)25-22(26)14-9-10-23-20(11-14)24-16-12-18(28-2)21(30-4)19(13-16)29-3/h5-13H,1-4H3,(H,23,24)(H,25,26). The van der Waals surface area contributed by atoms with Crippen molar-refractivity contribution in [3.63, 3.8) is 0 Å². The Balaban J connectivity index is 1.79. The van der Waals surface area contributed by atoms with E-state index < -0.39 is 0 Å². The van der Waals surface area contributed by atoms with Crippen LogP contribution in [0.15, 0.2) is 54.7 Å². The summed E-state index contributed by atoms with van der Waals surface area (Å²) in [5.74, 6) is 2.46. The summed E-state index contributed by atoms with van der Waals surface area (Å²) >= 11 is 0. The smallest absolute Gasteiger partial charge is 0.255 e. The molecule has 3 aromatic rings. The highest BCUT2D eigenvalue weighted by molar-refractivity contribution is 6.04. The fourth-order valence-corrected chi connectivity index (χ4v) is 2.82. The van der Waals surface area contributed by atoms with Crippen LogP contribution in [0, 0.1) is 0 Å². The van der Waals surface area contributed by atoms with Gasteiger partial charge in [-0.15, -0.1) is 0 Å². The number of carbonyl (C=O) groups is 1. The predicted molar refractivity (Wildman–Crippen MR) is 115 cm³/mol. The number of hydrogen-bond acceptors (Lipinski definition) is 7. The highest BCUT2D eigenvalue weighted by atomic mass is 16.5. The van der Waals surface area contributed by atoms with Gasteiger partial charge in [-0.1, -0.05) is 0 Å². The van der Waals surface area contributed by atoms with Gasteiger partial charge in [0.1, 0.15) is 11.6 Å². The minimum Gasteiger partial charge on any atom is -0.497 e. The molecule has 0 bridgehead atoms. The van der Waals surface area contributed by atoms with E-state index in [4.69, 9.17) is 18.9 Å². The van der Waals surface area contributed by atoms with Gasteiger partial charge in [0.25, 0.3) is 5.91 Å². The summed E-state index contributed by atoms with van der Waals surface area (Å²) in [4.78, 5) is 16.9. The van der Waals surface area contributed by atoms with Crippen LogP contribution in [0.2, 0.25) is 0 Å². The Kier molecular flexibility index (Phi) is 6.59. The van der Waals surface area contributed by atoms with Crippen LogP contribution in [0.1, 0.15) is 10.4 Å². The minimum atomic E-state index is -0.254. The number of methoxy groups -OCH3 is 4. The molecule has 0 aliphatic heterocycles. The zero-order valence-corrected chi connectivity index (χ0v) is 17.2. The molecule has 0 fully saturated rings. The van der Waals surface area contributed by atoms with E-state index in [1.165, 1.54) is 0 Å². The van der Waals surface area contributed by atoms with Crippen molar-refractivity contribution in [1.82, 2.24) is 4.98 Å². The van der Waals surface area contributed by atoms with Gasteiger partial charge >= 0.3 is 0 Å². The Morgan fingerprint density at radius 1 is 0.800 bits per heavy atom. The first-order valence-electron chi connectivity index (χ1n) is 9.06. The molecular formula is C22H23N3O5. The topological polar surface area (TPSA) is 90.9 Å². The van der Waals surface area contributed by atoms with E-state index in [0.29, 0.717) is 45.8 Å². The van der Waals surface area contributed by atoms with Crippen LogP contribution in [-0.2, 0) is 0 Å². The van der Waals surface area contributed by atoms with Crippen molar-refractivity contribution >= 4 is 23.1 Å². The Labute approximate surface area is 174 Å². The number of amides is 1. The van der Waals surface area contributed by atoms with Gasteiger partial charge in [-0.2, -0.15) is 0 Å². The SMILES string of the molecule is COc1ccc(NC(=O)c2ccnc(Nc3cc(OC)c(OC)c(OC)c3)c2)cc1. The summed E-state index contributed by atoms with van der Waals surface area (Å²) in [6.45, 7) is 0. The van der Waals surface area contributed by atoms with Gasteiger partial charge in [0.2, 0.25) is 5.75 Å². The number of ether oxygens (including phenoxy) is 4. The summed E-state index contributed by atoms with van der Waals surface area (Å²) < 4.78 is 21.2. The number of rotatable bonds is 8. The molecular weight excluding hydrogens is 386 g/mol. The van der Waals surface area contributed by atoms with E-state index in [2.05, 4.69) is 15.6 Å². The van der Waals surface area contributed by atoms with Crippen molar-refractivity contribution in [3.05, 3.63) is 60.3 Å². The van der Waals surface area contributed by atoms with Gasteiger partial charge < -0.3 is 29.6 Å². The molecule has 0 spiro atoms. The summed E-state index contributed by atoms with van der Waals surface area (Å²) in [5.41, 5.74) is 1.79. The predicted octanol–water partition coefficient (Wildman–Crippen LogP) is 4.11. The van der Waals surface area contributed by atoms with Crippen LogP contribution in [0.25, 0.3) is 0 Å². The molecule has 156 valence electrons. The molecule has 8 nitrogen and oxygen atoms in total. The molecule has 0 atom stereocenters. The number of nitrogens with one attached hydrogen (secondary N) is 2. The maximum atomic E-state index is 12.6. The van der Waals surface area contributed by atoms with Gasteiger partial charge in [0, 0.05) is 35.3 Å². The Bertz CT molecular complexity index is 997. The molecule has 3 rings (SSSR count). The largest absolute Gasteiger partial charge is 0.497 e. The average Bonchev–Trinajstić information content (AvgIpc) is 2.79. The molecule has 0 saturated carbocycles. The van der Waals surface area contributed by atoms with Crippen molar-refractivity contribution in [2.24, 2.45) is 0 Å². The quantitative estimate of drug-likeness (QED) is 0.578. The lowest BCUT2D eigenvalue weighted by Gasteiger charge is -2.15. The van der Waals surface area contributed by atoms with Crippen LogP contribution < -0.4 is 29.6 Å². The zero-order chi connectivity index (χ0) is 21.5. The molecule has 1 heterocycles. The Hall–Kier alpha value is -3.94. The molecule has 30 heavy (non-hydrogen) atoms. The summed E-state index contributed by atoms with van der Waals surface area (Å²) in [6.07, 6.45) is 1.56. The maximum absolute atomic E-state index is 12.6.